The van der Waals surface area contributed by atoms with Crippen molar-refractivity contribution in [3.8, 4) is 0 Å². The Balaban J connectivity index is 2.72. The summed E-state index contributed by atoms with van der Waals surface area (Å²) in [5, 5.41) is 4.67. The van der Waals surface area contributed by atoms with E-state index in [4.69, 9.17) is 21.1 Å². The molecule has 0 N–H and O–H groups in total. The summed E-state index contributed by atoms with van der Waals surface area (Å²) >= 11 is 6.29. The summed E-state index contributed by atoms with van der Waals surface area (Å²) in [6.45, 7) is 8.94. The maximum atomic E-state index is 6.29. The number of rotatable bonds is 9. The van der Waals surface area contributed by atoms with Crippen LogP contribution in [0.1, 0.15) is 43.1 Å². The Morgan fingerprint density at radius 2 is 1.95 bits per heavy atom. The molecular weight excluding hydrogens is 264 g/mol. The van der Waals surface area contributed by atoms with E-state index in [1.165, 1.54) is 11.3 Å². The van der Waals surface area contributed by atoms with Gasteiger partial charge in [-0.2, -0.15) is 5.10 Å². The molecule has 0 aromatic carbocycles. The van der Waals surface area contributed by atoms with Gasteiger partial charge in [-0.3, -0.25) is 4.68 Å². The Morgan fingerprint density at radius 3 is 2.47 bits per heavy atom. The van der Waals surface area contributed by atoms with Crippen molar-refractivity contribution in [2.24, 2.45) is 0 Å². The zero-order valence-corrected chi connectivity index (χ0v) is 13.2. The first-order valence-corrected chi connectivity index (χ1v) is 7.38. The van der Waals surface area contributed by atoms with Gasteiger partial charge >= 0.3 is 0 Å². The predicted molar refractivity (Wildman–Crippen MR) is 77.9 cm³/mol. The van der Waals surface area contributed by atoms with Gasteiger partial charge in [-0.05, 0) is 19.8 Å². The molecule has 0 bridgehead atoms. The van der Waals surface area contributed by atoms with E-state index in [1.54, 1.807) is 7.11 Å². The number of methoxy groups -OCH3 is 1. The monoisotopic (exact) mass is 288 g/mol. The van der Waals surface area contributed by atoms with Crippen LogP contribution in [0.25, 0.3) is 0 Å². The van der Waals surface area contributed by atoms with Crippen molar-refractivity contribution in [3.05, 3.63) is 17.0 Å². The number of ether oxygens (including phenoxy) is 2. The quantitative estimate of drug-likeness (QED) is 0.518. The third-order valence-corrected chi connectivity index (χ3v) is 3.34. The molecular formula is C14H25ClN2O2. The topological polar surface area (TPSA) is 36.3 Å². The van der Waals surface area contributed by atoms with Crippen LogP contribution < -0.4 is 0 Å². The van der Waals surface area contributed by atoms with Crippen LogP contribution in [0.4, 0.5) is 0 Å². The molecule has 0 spiro atoms. The molecule has 0 saturated carbocycles. The Hall–Kier alpha value is -0.580. The Bertz CT molecular complexity index is 378. The first kappa shape index (κ1) is 16.5. The van der Waals surface area contributed by atoms with Gasteiger partial charge in [-0.15, -0.1) is 11.6 Å². The lowest BCUT2D eigenvalue weighted by atomic mass is 10.1. The van der Waals surface area contributed by atoms with Crippen molar-refractivity contribution >= 4 is 11.6 Å². The molecule has 1 heterocycles. The molecule has 0 aliphatic rings. The zero-order valence-electron chi connectivity index (χ0n) is 12.4. The van der Waals surface area contributed by atoms with Crippen LogP contribution in [0.3, 0.4) is 0 Å². The molecule has 1 rings (SSSR count). The molecule has 110 valence electrons. The highest BCUT2D eigenvalue weighted by Gasteiger charge is 2.18. The van der Waals surface area contributed by atoms with Gasteiger partial charge in [0.2, 0.25) is 0 Å². The van der Waals surface area contributed by atoms with Crippen molar-refractivity contribution in [2.75, 3.05) is 26.9 Å². The van der Waals surface area contributed by atoms with Crippen LogP contribution in [-0.2, 0) is 28.9 Å². The molecule has 0 saturated heterocycles. The lowest BCUT2D eigenvalue weighted by Gasteiger charge is -2.09. The van der Waals surface area contributed by atoms with E-state index in [2.05, 4.69) is 18.9 Å². The van der Waals surface area contributed by atoms with Gasteiger partial charge in [0.05, 0.1) is 37.4 Å². The van der Waals surface area contributed by atoms with Crippen LogP contribution in [0, 0.1) is 0 Å². The van der Waals surface area contributed by atoms with Crippen LogP contribution in [-0.4, -0.2) is 36.7 Å². The van der Waals surface area contributed by atoms with E-state index in [0.29, 0.717) is 19.8 Å². The molecule has 0 aliphatic carbocycles. The average molecular weight is 289 g/mol. The van der Waals surface area contributed by atoms with Crippen LogP contribution in [0.5, 0.6) is 0 Å². The Kier molecular flexibility index (Phi) is 7.42. The largest absolute Gasteiger partial charge is 0.382 e. The number of hydrogen-bond donors (Lipinski definition) is 0. The number of halogens is 1. The fourth-order valence-electron chi connectivity index (χ4n) is 2.24. The molecule has 0 aliphatic heterocycles. The molecule has 5 heteroatoms. The minimum absolute atomic E-state index is 0.00746. The van der Waals surface area contributed by atoms with E-state index >= 15 is 0 Å². The zero-order chi connectivity index (χ0) is 14.3. The van der Waals surface area contributed by atoms with Crippen LogP contribution in [0.2, 0.25) is 0 Å². The second-order valence-electron chi connectivity index (χ2n) is 4.46. The summed E-state index contributed by atoms with van der Waals surface area (Å²) < 4.78 is 12.5. The van der Waals surface area contributed by atoms with Crippen molar-refractivity contribution in [1.29, 1.82) is 0 Å². The number of hydrogen-bond acceptors (Lipinski definition) is 3. The number of aryl methyl sites for hydroxylation is 1. The Morgan fingerprint density at radius 1 is 1.21 bits per heavy atom. The summed E-state index contributed by atoms with van der Waals surface area (Å²) in [4.78, 5) is 0. The van der Waals surface area contributed by atoms with Crippen molar-refractivity contribution in [2.45, 2.75) is 45.5 Å². The molecule has 0 fully saturated rings. The third-order valence-electron chi connectivity index (χ3n) is 3.12. The summed E-state index contributed by atoms with van der Waals surface area (Å²) in [6.07, 6.45) is 1.86. The van der Waals surface area contributed by atoms with E-state index < -0.39 is 0 Å². The minimum Gasteiger partial charge on any atom is -0.382 e. The van der Waals surface area contributed by atoms with Gasteiger partial charge in [-0.25, -0.2) is 0 Å². The molecule has 0 amide bonds. The second kappa shape index (κ2) is 8.56. The smallest absolute Gasteiger partial charge is 0.0701 e. The summed E-state index contributed by atoms with van der Waals surface area (Å²) in [6, 6.07) is 0. The highest BCUT2D eigenvalue weighted by atomic mass is 35.5. The number of alkyl halides is 1. The second-order valence-corrected chi connectivity index (χ2v) is 5.11. The summed E-state index contributed by atoms with van der Waals surface area (Å²) in [5.41, 5.74) is 3.54. The van der Waals surface area contributed by atoms with Gasteiger partial charge in [0.1, 0.15) is 0 Å². The number of nitrogens with zero attached hydrogens (tertiary/aromatic N) is 2. The lowest BCUT2D eigenvalue weighted by molar-refractivity contribution is 0.0651. The van der Waals surface area contributed by atoms with Gasteiger partial charge in [-0.1, -0.05) is 13.8 Å². The molecule has 19 heavy (non-hydrogen) atoms. The number of aromatic nitrogens is 2. The van der Waals surface area contributed by atoms with E-state index in [0.717, 1.165) is 25.1 Å². The van der Waals surface area contributed by atoms with Crippen molar-refractivity contribution < 1.29 is 9.47 Å². The van der Waals surface area contributed by atoms with Gasteiger partial charge in [0, 0.05) is 18.4 Å². The third kappa shape index (κ3) is 4.48. The average Bonchev–Trinajstić information content (AvgIpc) is 2.76. The van der Waals surface area contributed by atoms with Crippen molar-refractivity contribution in [3.63, 3.8) is 0 Å². The molecule has 1 aromatic heterocycles. The molecule has 0 radical (unpaired) electrons. The fourth-order valence-corrected chi connectivity index (χ4v) is 2.49. The van der Waals surface area contributed by atoms with Crippen LogP contribution >= 0.6 is 11.6 Å². The Labute approximate surface area is 121 Å². The molecule has 1 atom stereocenters. The first-order chi connectivity index (χ1) is 9.15. The molecule has 4 nitrogen and oxygen atoms in total. The molecule has 1 unspecified atom stereocenters. The fraction of sp³-hybridized carbons (Fsp3) is 0.786. The van der Waals surface area contributed by atoms with E-state index in [1.807, 2.05) is 11.6 Å². The SMILES string of the molecule is CCc1nn(CCOCCOC)c(CC)c1C(C)Cl. The normalized spacial score (nSPS) is 12.9. The van der Waals surface area contributed by atoms with Gasteiger partial charge in [0.25, 0.3) is 0 Å². The van der Waals surface area contributed by atoms with E-state index in [9.17, 15) is 0 Å². The first-order valence-electron chi connectivity index (χ1n) is 6.94. The molecule has 1 aromatic rings. The van der Waals surface area contributed by atoms with Crippen LogP contribution in [0.15, 0.2) is 0 Å². The maximum Gasteiger partial charge on any atom is 0.0701 e. The lowest BCUT2D eigenvalue weighted by Crippen LogP contribution is -2.12. The maximum absolute atomic E-state index is 6.29. The highest BCUT2D eigenvalue weighted by Crippen LogP contribution is 2.28. The predicted octanol–water partition coefficient (Wildman–Crippen LogP) is 2.97. The van der Waals surface area contributed by atoms with E-state index in [-0.39, 0.29) is 5.38 Å². The van der Waals surface area contributed by atoms with Gasteiger partial charge in [0.15, 0.2) is 0 Å². The standard InChI is InChI=1S/C14H25ClN2O2/c1-5-12-14(11(3)15)13(6-2)17(16-12)7-8-19-10-9-18-4/h11H,5-10H2,1-4H3. The summed E-state index contributed by atoms with van der Waals surface area (Å²) in [5.74, 6) is 0. The minimum atomic E-state index is 0.00746. The summed E-state index contributed by atoms with van der Waals surface area (Å²) in [7, 11) is 1.67. The van der Waals surface area contributed by atoms with Gasteiger partial charge < -0.3 is 9.47 Å². The highest BCUT2D eigenvalue weighted by molar-refractivity contribution is 6.20. The van der Waals surface area contributed by atoms with Crippen molar-refractivity contribution in [1.82, 2.24) is 9.78 Å².